The number of halogens is 2. The molecule has 0 saturated heterocycles. The summed E-state index contributed by atoms with van der Waals surface area (Å²) < 4.78 is 27.1. The number of hydrogen-bond donors (Lipinski definition) is 1. The van der Waals surface area contributed by atoms with E-state index in [1.54, 1.807) is 0 Å². The van der Waals surface area contributed by atoms with Gasteiger partial charge in [-0.3, -0.25) is 0 Å². The van der Waals surface area contributed by atoms with Crippen molar-refractivity contribution in [1.82, 2.24) is 0 Å². The molecule has 88 valence electrons. The Labute approximate surface area is 90.4 Å². The van der Waals surface area contributed by atoms with Crippen LogP contribution in [0.5, 0.6) is 0 Å². The van der Waals surface area contributed by atoms with Crippen LogP contribution in [0.1, 0.15) is 51.9 Å². The second-order valence-electron chi connectivity index (χ2n) is 5.67. The normalized spacial score (nSPS) is 28.0. The molecule has 0 aromatic heterocycles. The first kappa shape index (κ1) is 11.3. The molecule has 0 aliphatic heterocycles. The molecule has 0 amide bonds. The van der Waals surface area contributed by atoms with Gasteiger partial charge in [0.1, 0.15) is 0 Å². The van der Waals surface area contributed by atoms with Crippen molar-refractivity contribution in [3.8, 4) is 0 Å². The molecule has 0 bridgehead atoms. The Morgan fingerprint density at radius 2 is 1.87 bits per heavy atom. The Bertz CT molecular complexity index is 224. The summed E-state index contributed by atoms with van der Waals surface area (Å²) in [6.07, 6.45) is 6.59. The molecular weight excluding hydrogens is 196 g/mol. The highest BCUT2D eigenvalue weighted by molar-refractivity contribution is 5.02. The molecule has 2 saturated carbocycles. The average Bonchev–Trinajstić information content (AvgIpc) is 2.67. The lowest BCUT2D eigenvalue weighted by molar-refractivity contribution is -0.0691. The minimum absolute atomic E-state index is 0.214. The van der Waals surface area contributed by atoms with Crippen LogP contribution in [0.15, 0.2) is 0 Å². The van der Waals surface area contributed by atoms with E-state index in [4.69, 9.17) is 5.73 Å². The van der Waals surface area contributed by atoms with Crippen molar-refractivity contribution < 1.29 is 8.78 Å². The summed E-state index contributed by atoms with van der Waals surface area (Å²) in [6.45, 7) is 1.07. The lowest BCUT2D eigenvalue weighted by Crippen LogP contribution is -2.37. The first-order valence-corrected chi connectivity index (χ1v) is 6.07. The number of hydrogen-bond acceptors (Lipinski definition) is 1. The maximum Gasteiger partial charge on any atom is 0.248 e. The van der Waals surface area contributed by atoms with Crippen LogP contribution in [0.25, 0.3) is 0 Å². The van der Waals surface area contributed by atoms with Crippen LogP contribution in [-0.4, -0.2) is 11.5 Å². The molecule has 1 unspecified atom stereocenters. The van der Waals surface area contributed by atoms with Crippen LogP contribution >= 0.6 is 0 Å². The highest BCUT2D eigenvalue weighted by Crippen LogP contribution is 2.48. The van der Waals surface area contributed by atoms with E-state index in [9.17, 15) is 8.78 Å². The Balaban J connectivity index is 2.01. The van der Waals surface area contributed by atoms with Gasteiger partial charge >= 0.3 is 0 Å². The van der Waals surface area contributed by atoms with Crippen LogP contribution in [-0.2, 0) is 0 Å². The quantitative estimate of drug-likeness (QED) is 0.768. The number of rotatable bonds is 4. The highest BCUT2D eigenvalue weighted by atomic mass is 19.3. The monoisotopic (exact) mass is 217 g/mol. The topological polar surface area (TPSA) is 26.0 Å². The van der Waals surface area contributed by atoms with E-state index in [2.05, 4.69) is 0 Å². The molecule has 2 fully saturated rings. The third kappa shape index (κ3) is 2.68. The Morgan fingerprint density at radius 3 is 2.27 bits per heavy atom. The highest BCUT2D eigenvalue weighted by Gasteiger charge is 2.48. The second kappa shape index (κ2) is 3.69. The van der Waals surface area contributed by atoms with Crippen molar-refractivity contribution in [3.05, 3.63) is 0 Å². The number of nitrogens with two attached hydrogens (primary N) is 1. The molecule has 1 atom stereocenters. The predicted octanol–water partition coefficient (Wildman–Crippen LogP) is 3.33. The van der Waals surface area contributed by atoms with Crippen molar-refractivity contribution in [3.63, 3.8) is 0 Å². The molecule has 0 aromatic rings. The van der Waals surface area contributed by atoms with Gasteiger partial charge in [-0.1, -0.05) is 12.8 Å². The largest absolute Gasteiger partial charge is 0.325 e. The molecule has 1 nitrogen and oxygen atoms in total. The molecule has 0 radical (unpaired) electrons. The smallest absolute Gasteiger partial charge is 0.248 e. The zero-order valence-corrected chi connectivity index (χ0v) is 9.44. The van der Waals surface area contributed by atoms with E-state index in [-0.39, 0.29) is 11.5 Å². The third-order valence-corrected chi connectivity index (χ3v) is 4.14. The minimum atomic E-state index is -2.55. The predicted molar refractivity (Wildman–Crippen MR) is 56.8 cm³/mol. The molecule has 2 aliphatic rings. The molecule has 15 heavy (non-hydrogen) atoms. The van der Waals surface area contributed by atoms with Gasteiger partial charge in [0.05, 0.1) is 0 Å². The van der Waals surface area contributed by atoms with Gasteiger partial charge in [-0.15, -0.1) is 0 Å². The SMILES string of the molecule is CC(F)(F)C(CC1(N)CC1)C1CCCC1. The van der Waals surface area contributed by atoms with Gasteiger partial charge in [-0.05, 0) is 44.9 Å². The second-order valence-corrected chi connectivity index (χ2v) is 5.67. The summed E-state index contributed by atoms with van der Waals surface area (Å²) in [7, 11) is 0. The van der Waals surface area contributed by atoms with E-state index in [1.165, 1.54) is 0 Å². The van der Waals surface area contributed by atoms with Crippen molar-refractivity contribution in [2.75, 3.05) is 0 Å². The first-order chi connectivity index (χ1) is 6.91. The van der Waals surface area contributed by atoms with Crippen molar-refractivity contribution in [2.24, 2.45) is 17.6 Å². The van der Waals surface area contributed by atoms with Gasteiger partial charge in [0.2, 0.25) is 5.92 Å². The van der Waals surface area contributed by atoms with Crippen molar-refractivity contribution in [2.45, 2.75) is 63.3 Å². The molecule has 0 aromatic carbocycles. The first-order valence-electron chi connectivity index (χ1n) is 6.07. The number of alkyl halides is 2. The summed E-state index contributed by atoms with van der Waals surface area (Å²) in [6, 6.07) is 0. The fourth-order valence-corrected chi connectivity index (χ4v) is 2.92. The van der Waals surface area contributed by atoms with Crippen LogP contribution in [0, 0.1) is 11.8 Å². The average molecular weight is 217 g/mol. The molecule has 2 N–H and O–H groups in total. The minimum Gasteiger partial charge on any atom is -0.325 e. The lowest BCUT2D eigenvalue weighted by Gasteiger charge is -2.31. The maximum absolute atomic E-state index is 13.5. The summed E-state index contributed by atoms with van der Waals surface area (Å²) in [5.41, 5.74) is 5.74. The molecular formula is C12H21F2N. The molecule has 2 aliphatic carbocycles. The van der Waals surface area contributed by atoms with Gasteiger partial charge in [0.25, 0.3) is 0 Å². The molecule has 3 heteroatoms. The van der Waals surface area contributed by atoms with Crippen molar-refractivity contribution >= 4 is 0 Å². The fourth-order valence-electron chi connectivity index (χ4n) is 2.92. The summed E-state index contributed by atoms with van der Waals surface area (Å²) in [5.74, 6) is -2.82. The standard InChI is InChI=1S/C12H21F2N/c1-11(13,14)10(8-12(15)6-7-12)9-4-2-3-5-9/h9-10H,2-8,15H2,1H3. The molecule has 0 spiro atoms. The zero-order chi connectivity index (χ0) is 11.1. The van der Waals surface area contributed by atoms with E-state index < -0.39 is 11.8 Å². The van der Waals surface area contributed by atoms with Gasteiger partial charge in [-0.2, -0.15) is 0 Å². The van der Waals surface area contributed by atoms with Gasteiger partial charge in [0, 0.05) is 11.5 Å². The molecule has 0 heterocycles. The van der Waals surface area contributed by atoms with Crippen LogP contribution < -0.4 is 5.73 Å². The Morgan fingerprint density at radius 1 is 1.33 bits per heavy atom. The summed E-state index contributed by atoms with van der Waals surface area (Å²) >= 11 is 0. The Kier molecular flexibility index (Phi) is 2.78. The van der Waals surface area contributed by atoms with Crippen LogP contribution in [0.4, 0.5) is 8.78 Å². The summed E-state index contributed by atoms with van der Waals surface area (Å²) in [5, 5.41) is 0. The fraction of sp³-hybridized carbons (Fsp3) is 1.00. The van der Waals surface area contributed by atoms with Gasteiger partial charge in [0.15, 0.2) is 0 Å². The zero-order valence-electron chi connectivity index (χ0n) is 9.44. The Hall–Kier alpha value is -0.180. The van der Waals surface area contributed by atoms with E-state index in [0.717, 1.165) is 45.4 Å². The van der Waals surface area contributed by atoms with E-state index in [1.807, 2.05) is 0 Å². The maximum atomic E-state index is 13.5. The van der Waals surface area contributed by atoms with E-state index in [0.29, 0.717) is 6.42 Å². The van der Waals surface area contributed by atoms with Crippen molar-refractivity contribution in [1.29, 1.82) is 0 Å². The van der Waals surface area contributed by atoms with Gasteiger partial charge < -0.3 is 5.73 Å². The van der Waals surface area contributed by atoms with Crippen LogP contribution in [0.2, 0.25) is 0 Å². The van der Waals surface area contributed by atoms with E-state index >= 15 is 0 Å². The molecule has 2 rings (SSSR count). The summed E-state index contributed by atoms with van der Waals surface area (Å²) in [4.78, 5) is 0. The lowest BCUT2D eigenvalue weighted by atomic mass is 9.81. The van der Waals surface area contributed by atoms with Crippen LogP contribution in [0.3, 0.4) is 0 Å². The third-order valence-electron chi connectivity index (χ3n) is 4.14. The van der Waals surface area contributed by atoms with Gasteiger partial charge in [-0.25, -0.2) is 8.78 Å².